The van der Waals surface area contributed by atoms with Crippen LogP contribution in [-0.2, 0) is 0 Å². The Morgan fingerprint density at radius 3 is 2.62 bits per heavy atom. The van der Waals surface area contributed by atoms with E-state index in [0.29, 0.717) is 31.6 Å². The molecule has 2 amide bonds. The van der Waals surface area contributed by atoms with Crippen molar-refractivity contribution in [3.63, 3.8) is 0 Å². The highest BCUT2D eigenvalue weighted by molar-refractivity contribution is 7.09. The molecule has 0 spiro atoms. The van der Waals surface area contributed by atoms with Crippen molar-refractivity contribution in [1.82, 2.24) is 15.2 Å². The molecule has 4 rings (SSSR count). The monoisotopic (exact) mass is 473 g/mol. The van der Waals surface area contributed by atoms with E-state index in [0.717, 1.165) is 37.1 Å². The molecule has 1 saturated carbocycles. The molecule has 2 aliphatic rings. The molecule has 0 atom stereocenters. The average molecular weight is 474 g/mol. The quantitative estimate of drug-likeness (QED) is 0.634. The van der Waals surface area contributed by atoms with E-state index >= 15 is 0 Å². The van der Waals surface area contributed by atoms with Gasteiger partial charge in [-0.05, 0) is 37.8 Å². The summed E-state index contributed by atoms with van der Waals surface area (Å²) in [5, 5.41) is 5.81. The molecule has 5 nitrogen and oxygen atoms in total. The first-order valence-corrected chi connectivity index (χ1v) is 12.2. The summed E-state index contributed by atoms with van der Waals surface area (Å²) in [6.45, 7) is 0.963. The van der Waals surface area contributed by atoms with Crippen molar-refractivity contribution in [3.8, 4) is 12.3 Å². The number of halogens is 2. The number of rotatable bonds is 4. The summed E-state index contributed by atoms with van der Waals surface area (Å²) in [5.41, 5.74) is -0.258. The maximum absolute atomic E-state index is 14.1. The maximum atomic E-state index is 14.1. The van der Waals surface area contributed by atoms with Gasteiger partial charge in [-0.15, -0.1) is 17.8 Å². The molecular weight excluding hydrogens is 449 g/mol. The first-order chi connectivity index (χ1) is 15.4. The number of carbonyl (C=O) groups excluding carboxylic acids is 2. The zero-order valence-electron chi connectivity index (χ0n) is 17.7. The molecule has 1 N–H and O–H groups in total. The fourth-order valence-electron chi connectivity index (χ4n) is 4.51. The minimum Gasteiger partial charge on any atom is -0.338 e. The molecule has 8 heteroatoms. The SMILES string of the molecule is C#CC1(NC(=O)c2csc(C3CCN(C(=O)c4c(F)cccc4Cl)CC3)n2)CCCCC1. The number of likely N-dealkylation sites (tertiary alicyclic amines) is 1. The predicted molar refractivity (Wildman–Crippen MR) is 124 cm³/mol. The Balaban J connectivity index is 1.37. The Morgan fingerprint density at radius 2 is 1.97 bits per heavy atom. The third kappa shape index (κ3) is 4.67. The molecule has 1 aromatic carbocycles. The fraction of sp³-hybridized carbons (Fsp3) is 0.458. The van der Waals surface area contributed by atoms with Crippen LogP contribution in [0.5, 0.6) is 0 Å². The van der Waals surface area contributed by atoms with Gasteiger partial charge in [0.1, 0.15) is 17.1 Å². The number of hydrogen-bond donors (Lipinski definition) is 1. The molecule has 0 radical (unpaired) electrons. The van der Waals surface area contributed by atoms with Crippen molar-refractivity contribution < 1.29 is 14.0 Å². The predicted octanol–water partition coefficient (Wildman–Crippen LogP) is 5.02. The number of nitrogens with one attached hydrogen (secondary N) is 1. The Kier molecular flexibility index (Phi) is 6.82. The second-order valence-electron chi connectivity index (χ2n) is 8.48. The van der Waals surface area contributed by atoms with Crippen LogP contribution >= 0.6 is 22.9 Å². The Morgan fingerprint density at radius 1 is 1.25 bits per heavy atom. The lowest BCUT2D eigenvalue weighted by Crippen LogP contribution is -2.48. The molecular formula is C24H25ClFN3O2S. The normalized spacial score (nSPS) is 18.7. The zero-order chi connectivity index (χ0) is 22.7. The molecule has 1 saturated heterocycles. The number of aromatic nitrogens is 1. The average Bonchev–Trinajstić information content (AvgIpc) is 3.30. The summed E-state index contributed by atoms with van der Waals surface area (Å²) in [7, 11) is 0. The van der Waals surface area contributed by atoms with Crippen LogP contribution < -0.4 is 5.32 Å². The molecule has 1 aliphatic carbocycles. The summed E-state index contributed by atoms with van der Waals surface area (Å²) in [5.74, 6) is 1.72. The van der Waals surface area contributed by atoms with Crippen LogP contribution in [0.1, 0.15) is 76.7 Å². The number of amides is 2. The largest absolute Gasteiger partial charge is 0.338 e. The van der Waals surface area contributed by atoms with Crippen LogP contribution in [-0.4, -0.2) is 40.3 Å². The van der Waals surface area contributed by atoms with E-state index in [1.165, 1.54) is 29.5 Å². The van der Waals surface area contributed by atoms with Crippen molar-refractivity contribution in [2.24, 2.45) is 0 Å². The minimum atomic E-state index is -0.608. The van der Waals surface area contributed by atoms with Crippen molar-refractivity contribution in [3.05, 3.63) is 50.7 Å². The maximum Gasteiger partial charge on any atom is 0.271 e. The van der Waals surface area contributed by atoms with Crippen molar-refractivity contribution >= 4 is 34.8 Å². The van der Waals surface area contributed by atoms with Crippen LogP contribution in [0.3, 0.4) is 0 Å². The molecule has 2 aromatic rings. The highest BCUT2D eigenvalue weighted by atomic mass is 35.5. The van der Waals surface area contributed by atoms with Gasteiger partial charge in [0.15, 0.2) is 0 Å². The summed E-state index contributed by atoms with van der Waals surface area (Å²) in [6, 6.07) is 4.24. The summed E-state index contributed by atoms with van der Waals surface area (Å²) >= 11 is 7.50. The number of carbonyl (C=O) groups is 2. The Hall–Kier alpha value is -2.43. The topological polar surface area (TPSA) is 62.3 Å². The lowest BCUT2D eigenvalue weighted by molar-refractivity contribution is 0.0708. The van der Waals surface area contributed by atoms with Crippen LogP contribution in [0.4, 0.5) is 4.39 Å². The van der Waals surface area contributed by atoms with Gasteiger partial charge in [-0.3, -0.25) is 9.59 Å². The fourth-order valence-corrected chi connectivity index (χ4v) is 5.73. The van der Waals surface area contributed by atoms with Gasteiger partial charge >= 0.3 is 0 Å². The molecule has 2 heterocycles. The third-order valence-corrected chi connectivity index (χ3v) is 7.72. The molecule has 1 aliphatic heterocycles. The lowest BCUT2D eigenvalue weighted by Gasteiger charge is -2.33. The van der Waals surface area contributed by atoms with E-state index < -0.39 is 17.3 Å². The van der Waals surface area contributed by atoms with Crippen molar-refractivity contribution in [1.29, 1.82) is 0 Å². The van der Waals surface area contributed by atoms with Gasteiger partial charge in [0.05, 0.1) is 15.6 Å². The van der Waals surface area contributed by atoms with Crippen LogP contribution in [0.25, 0.3) is 0 Å². The van der Waals surface area contributed by atoms with Gasteiger partial charge in [0.2, 0.25) is 0 Å². The first-order valence-electron chi connectivity index (χ1n) is 10.9. The second-order valence-corrected chi connectivity index (χ2v) is 9.77. The highest BCUT2D eigenvalue weighted by Crippen LogP contribution is 2.32. The number of terminal acetylenes is 1. The molecule has 1 aromatic heterocycles. The number of benzene rings is 1. The van der Waals surface area contributed by atoms with E-state index in [9.17, 15) is 14.0 Å². The number of nitrogens with zero attached hydrogens (tertiary/aromatic N) is 2. The lowest BCUT2D eigenvalue weighted by atomic mass is 9.82. The summed E-state index contributed by atoms with van der Waals surface area (Å²) in [6.07, 6.45) is 11.9. The Bertz CT molecular complexity index is 1030. The van der Waals surface area contributed by atoms with E-state index in [1.54, 1.807) is 10.3 Å². The van der Waals surface area contributed by atoms with Crippen molar-refractivity contribution in [2.45, 2.75) is 56.4 Å². The second kappa shape index (κ2) is 9.60. The third-order valence-electron chi connectivity index (χ3n) is 6.40. The molecule has 168 valence electrons. The van der Waals surface area contributed by atoms with Crippen LogP contribution in [0, 0.1) is 18.2 Å². The summed E-state index contributed by atoms with van der Waals surface area (Å²) in [4.78, 5) is 31.7. The number of piperidine rings is 1. The Labute approximate surface area is 196 Å². The van der Waals surface area contributed by atoms with E-state index in [4.69, 9.17) is 18.0 Å². The molecule has 2 fully saturated rings. The van der Waals surface area contributed by atoms with Crippen LogP contribution in [0.15, 0.2) is 23.6 Å². The standard InChI is InChI=1S/C24H25ClFN3O2S/c1-2-24(11-4-3-5-12-24)28-21(30)19-15-32-22(27-19)16-9-13-29(14-10-16)23(31)20-17(25)7-6-8-18(20)26/h1,6-8,15-16H,3-5,9-14H2,(H,28,30). The minimum absolute atomic E-state index is 0.0778. The van der Waals surface area contributed by atoms with E-state index in [2.05, 4.69) is 16.2 Å². The number of hydrogen-bond acceptors (Lipinski definition) is 4. The highest BCUT2D eigenvalue weighted by Gasteiger charge is 2.33. The van der Waals surface area contributed by atoms with Gasteiger partial charge in [0, 0.05) is 24.4 Å². The van der Waals surface area contributed by atoms with Crippen LogP contribution in [0.2, 0.25) is 5.02 Å². The zero-order valence-corrected chi connectivity index (χ0v) is 19.3. The first kappa shape index (κ1) is 22.8. The smallest absolute Gasteiger partial charge is 0.271 e. The van der Waals surface area contributed by atoms with Crippen molar-refractivity contribution in [2.75, 3.05) is 13.1 Å². The van der Waals surface area contributed by atoms with Gasteiger partial charge in [-0.2, -0.15) is 0 Å². The summed E-state index contributed by atoms with van der Waals surface area (Å²) < 4.78 is 14.1. The van der Waals surface area contributed by atoms with Gasteiger partial charge in [0.25, 0.3) is 11.8 Å². The number of thiazole rings is 1. The van der Waals surface area contributed by atoms with E-state index in [1.807, 2.05) is 0 Å². The van der Waals surface area contributed by atoms with E-state index in [-0.39, 0.29) is 22.4 Å². The van der Waals surface area contributed by atoms with Gasteiger partial charge in [-0.1, -0.05) is 42.9 Å². The van der Waals surface area contributed by atoms with Gasteiger partial charge < -0.3 is 10.2 Å². The molecule has 32 heavy (non-hydrogen) atoms. The van der Waals surface area contributed by atoms with Gasteiger partial charge in [-0.25, -0.2) is 9.37 Å². The molecule has 0 unspecified atom stereocenters. The molecule has 0 bridgehead atoms.